The topological polar surface area (TPSA) is 95.3 Å². The van der Waals surface area contributed by atoms with Crippen molar-refractivity contribution in [2.24, 2.45) is 0 Å². The quantitative estimate of drug-likeness (QED) is 0.762. The molecule has 1 unspecified atom stereocenters. The average Bonchev–Trinajstić information content (AvgIpc) is 3.22. The van der Waals surface area contributed by atoms with Gasteiger partial charge < -0.3 is 25.0 Å². The van der Waals surface area contributed by atoms with Crippen molar-refractivity contribution < 1.29 is 9.47 Å². The van der Waals surface area contributed by atoms with Crippen LogP contribution in [0.25, 0.3) is 10.8 Å². The molecule has 6 rings (SSSR count). The Morgan fingerprint density at radius 2 is 1.84 bits per heavy atom. The van der Waals surface area contributed by atoms with E-state index in [1.165, 1.54) is 19.3 Å². The van der Waals surface area contributed by atoms with Crippen molar-refractivity contribution in [3.63, 3.8) is 0 Å². The van der Waals surface area contributed by atoms with Crippen LogP contribution in [0.2, 0.25) is 0 Å². The van der Waals surface area contributed by atoms with Crippen LogP contribution in [0.4, 0.5) is 17.5 Å². The van der Waals surface area contributed by atoms with Gasteiger partial charge in [0.05, 0.1) is 18.6 Å². The van der Waals surface area contributed by atoms with E-state index < -0.39 is 0 Å². The Balaban J connectivity index is 1.60. The summed E-state index contributed by atoms with van der Waals surface area (Å²) in [7, 11) is 0. The number of anilines is 3. The molecule has 1 saturated heterocycles. The number of fused-ring (bicyclic) bond motifs is 2. The Kier molecular flexibility index (Phi) is 4.35. The van der Waals surface area contributed by atoms with E-state index in [9.17, 15) is 5.26 Å². The fourth-order valence-electron chi connectivity index (χ4n) is 5.56. The van der Waals surface area contributed by atoms with Crippen molar-refractivity contribution in [1.82, 2.24) is 9.97 Å². The molecule has 8 nitrogen and oxygen atoms in total. The van der Waals surface area contributed by atoms with Gasteiger partial charge in [-0.3, -0.25) is 0 Å². The molecule has 4 aliphatic rings. The molecule has 1 atom stereocenters. The summed E-state index contributed by atoms with van der Waals surface area (Å²) in [5.41, 5.74) is 1.44. The van der Waals surface area contributed by atoms with E-state index in [2.05, 4.69) is 28.5 Å². The minimum absolute atomic E-state index is 0.105. The molecule has 2 aromatic heterocycles. The Morgan fingerprint density at radius 1 is 1.10 bits per heavy atom. The van der Waals surface area contributed by atoms with Crippen molar-refractivity contribution in [2.45, 2.75) is 63.6 Å². The van der Waals surface area contributed by atoms with E-state index in [1.54, 1.807) is 0 Å². The van der Waals surface area contributed by atoms with Gasteiger partial charge in [-0.15, -0.1) is 0 Å². The maximum atomic E-state index is 10.3. The minimum Gasteiger partial charge on any atom is -0.474 e. The van der Waals surface area contributed by atoms with Crippen LogP contribution in [0.1, 0.15) is 56.6 Å². The van der Waals surface area contributed by atoms with Crippen LogP contribution >= 0.6 is 0 Å². The number of ether oxygens (including phenoxy) is 2. The van der Waals surface area contributed by atoms with E-state index in [1.807, 2.05) is 0 Å². The monoisotopic (exact) mass is 420 g/mol. The molecular weight excluding hydrogens is 392 g/mol. The predicted octanol–water partition coefficient (Wildman–Crippen LogP) is 3.55. The molecule has 0 aromatic carbocycles. The third-order valence-corrected chi connectivity index (χ3v) is 7.20. The Morgan fingerprint density at radius 3 is 2.55 bits per heavy atom. The molecule has 31 heavy (non-hydrogen) atoms. The SMILES string of the molecule is CCC1Cc2c(nc3c4c(nc(N5CCOCC5)c(C#N)c24)NC2(CCCCC2)N3)O1. The second kappa shape index (κ2) is 7.13. The zero-order chi connectivity index (χ0) is 21.0. The largest absolute Gasteiger partial charge is 0.474 e. The number of aromatic nitrogens is 2. The van der Waals surface area contributed by atoms with Gasteiger partial charge in [0.2, 0.25) is 5.88 Å². The first kappa shape index (κ1) is 18.9. The van der Waals surface area contributed by atoms with Crippen LogP contribution in [0.15, 0.2) is 0 Å². The highest BCUT2D eigenvalue weighted by Crippen LogP contribution is 2.48. The van der Waals surface area contributed by atoms with Gasteiger partial charge >= 0.3 is 0 Å². The molecule has 2 fully saturated rings. The fourth-order valence-corrected chi connectivity index (χ4v) is 5.56. The third-order valence-electron chi connectivity index (χ3n) is 7.20. The minimum atomic E-state index is -0.231. The molecule has 1 aliphatic carbocycles. The van der Waals surface area contributed by atoms with E-state index in [4.69, 9.17) is 19.4 Å². The summed E-state index contributed by atoms with van der Waals surface area (Å²) in [5, 5.41) is 19.6. The van der Waals surface area contributed by atoms with E-state index in [0.29, 0.717) is 24.7 Å². The van der Waals surface area contributed by atoms with Crippen molar-refractivity contribution >= 4 is 28.2 Å². The normalized spacial score (nSPS) is 23.6. The van der Waals surface area contributed by atoms with Gasteiger partial charge in [-0.1, -0.05) is 13.3 Å². The van der Waals surface area contributed by atoms with Gasteiger partial charge in [-0.25, -0.2) is 4.98 Å². The highest BCUT2D eigenvalue weighted by molar-refractivity contribution is 6.09. The van der Waals surface area contributed by atoms with E-state index in [0.717, 1.165) is 72.6 Å². The van der Waals surface area contributed by atoms with Gasteiger partial charge in [0.15, 0.2) is 0 Å². The molecule has 1 spiro atoms. The maximum absolute atomic E-state index is 10.3. The highest BCUT2D eigenvalue weighted by Gasteiger charge is 2.40. The highest BCUT2D eigenvalue weighted by atomic mass is 16.5. The number of nitrogens with zero attached hydrogens (tertiary/aromatic N) is 4. The lowest BCUT2D eigenvalue weighted by atomic mass is 9.86. The van der Waals surface area contributed by atoms with Crippen LogP contribution < -0.4 is 20.3 Å². The zero-order valence-electron chi connectivity index (χ0n) is 18.0. The average molecular weight is 421 g/mol. The van der Waals surface area contributed by atoms with E-state index >= 15 is 0 Å². The summed E-state index contributed by atoms with van der Waals surface area (Å²) in [4.78, 5) is 12.2. The molecule has 2 N–H and O–H groups in total. The molecule has 2 aromatic rings. The van der Waals surface area contributed by atoms with Gasteiger partial charge in [-0.2, -0.15) is 10.2 Å². The van der Waals surface area contributed by atoms with Crippen molar-refractivity contribution in [1.29, 1.82) is 5.26 Å². The van der Waals surface area contributed by atoms with Crippen LogP contribution in [-0.4, -0.2) is 48.0 Å². The van der Waals surface area contributed by atoms with Crippen molar-refractivity contribution in [3.8, 4) is 11.9 Å². The summed E-state index contributed by atoms with van der Waals surface area (Å²) < 4.78 is 11.8. The van der Waals surface area contributed by atoms with Crippen LogP contribution in [-0.2, 0) is 11.2 Å². The number of morpholine rings is 1. The maximum Gasteiger partial charge on any atom is 0.219 e. The second-order valence-electron chi connectivity index (χ2n) is 9.11. The van der Waals surface area contributed by atoms with Gasteiger partial charge in [0.25, 0.3) is 0 Å². The lowest BCUT2D eigenvalue weighted by Gasteiger charge is -2.43. The standard InChI is InChI=1S/C23H28N6O2/c1-2-14-12-15-17-16(13-24)21(29-8-10-30-11-9-29)25-19-18(17)20(26-22(15)31-14)28-23(27-19)6-4-3-5-7-23/h14H,2-12H2,1H3,(H,25,27)(H,26,28). The first-order chi connectivity index (χ1) is 15.2. The smallest absolute Gasteiger partial charge is 0.219 e. The molecule has 3 aliphatic heterocycles. The van der Waals surface area contributed by atoms with Crippen LogP contribution in [0.3, 0.4) is 0 Å². The summed E-state index contributed by atoms with van der Waals surface area (Å²) >= 11 is 0. The molecule has 0 radical (unpaired) electrons. The fraction of sp³-hybridized carbons (Fsp3) is 0.609. The number of rotatable bonds is 2. The number of pyridine rings is 2. The number of hydrogen-bond acceptors (Lipinski definition) is 8. The third kappa shape index (κ3) is 2.90. The van der Waals surface area contributed by atoms with Crippen LogP contribution in [0, 0.1) is 11.3 Å². The molecule has 5 heterocycles. The summed E-state index contributed by atoms with van der Waals surface area (Å²) in [5.74, 6) is 3.09. The van der Waals surface area contributed by atoms with Gasteiger partial charge in [0.1, 0.15) is 40.9 Å². The van der Waals surface area contributed by atoms with Gasteiger partial charge in [0, 0.05) is 30.5 Å². The molecule has 162 valence electrons. The molecule has 8 heteroatoms. The van der Waals surface area contributed by atoms with Crippen molar-refractivity contribution in [2.75, 3.05) is 41.8 Å². The zero-order valence-corrected chi connectivity index (χ0v) is 18.0. The van der Waals surface area contributed by atoms with Crippen LogP contribution in [0.5, 0.6) is 5.88 Å². The number of hydrogen-bond donors (Lipinski definition) is 2. The Bertz CT molecular complexity index is 1080. The molecule has 0 bridgehead atoms. The number of nitrogens with one attached hydrogen (secondary N) is 2. The van der Waals surface area contributed by atoms with Gasteiger partial charge in [-0.05, 0) is 32.1 Å². The molecule has 0 amide bonds. The summed E-state index contributed by atoms with van der Waals surface area (Å²) in [6.45, 7) is 4.92. The predicted molar refractivity (Wildman–Crippen MR) is 119 cm³/mol. The summed E-state index contributed by atoms with van der Waals surface area (Å²) in [6, 6.07) is 2.49. The lowest BCUT2D eigenvalue weighted by molar-refractivity contribution is 0.122. The van der Waals surface area contributed by atoms with E-state index in [-0.39, 0.29) is 11.8 Å². The number of nitriles is 1. The Labute approximate surface area is 181 Å². The molecular formula is C23H28N6O2. The first-order valence-electron chi connectivity index (χ1n) is 11.6. The lowest BCUT2D eigenvalue weighted by Crippen LogP contribution is -2.50. The first-order valence-corrected chi connectivity index (χ1v) is 11.6. The summed E-state index contributed by atoms with van der Waals surface area (Å²) in [6.07, 6.45) is 7.45. The second-order valence-corrected chi connectivity index (χ2v) is 9.11. The molecule has 1 saturated carbocycles. The Hall–Kier alpha value is -2.79. The van der Waals surface area contributed by atoms with Crippen molar-refractivity contribution in [3.05, 3.63) is 11.1 Å².